The van der Waals surface area contributed by atoms with Gasteiger partial charge >= 0.3 is 0 Å². The lowest BCUT2D eigenvalue weighted by Gasteiger charge is -2.24. The van der Waals surface area contributed by atoms with Gasteiger partial charge in [0.05, 0.1) is 0 Å². The van der Waals surface area contributed by atoms with E-state index in [1.54, 1.807) is 0 Å². The van der Waals surface area contributed by atoms with Gasteiger partial charge in [0.15, 0.2) is 0 Å². The van der Waals surface area contributed by atoms with Crippen LogP contribution in [0.5, 0.6) is 0 Å². The molecule has 20 heavy (non-hydrogen) atoms. The molecule has 1 aliphatic heterocycles. The summed E-state index contributed by atoms with van der Waals surface area (Å²) in [5.74, 6) is 0.906. The summed E-state index contributed by atoms with van der Waals surface area (Å²) < 4.78 is 0. The fraction of sp³-hybridized carbons (Fsp3) is 0.647. The van der Waals surface area contributed by atoms with Gasteiger partial charge in [-0.2, -0.15) is 0 Å². The molecule has 0 spiro atoms. The first kappa shape index (κ1) is 15.7. The van der Waals surface area contributed by atoms with Gasteiger partial charge in [-0.1, -0.05) is 37.4 Å². The van der Waals surface area contributed by atoms with E-state index in [0.717, 1.165) is 29.6 Å². The average Bonchev–Trinajstić information content (AvgIpc) is 2.64. The van der Waals surface area contributed by atoms with Crippen molar-refractivity contribution >= 4 is 17.3 Å². The fourth-order valence-corrected chi connectivity index (χ4v) is 3.55. The van der Waals surface area contributed by atoms with Crippen molar-refractivity contribution in [3.05, 3.63) is 28.8 Å². The predicted octanol–water partition coefficient (Wildman–Crippen LogP) is 4.77. The minimum atomic E-state index is -0.00498. The van der Waals surface area contributed by atoms with Gasteiger partial charge in [0.1, 0.15) is 0 Å². The van der Waals surface area contributed by atoms with Crippen LogP contribution in [0.2, 0.25) is 5.02 Å². The maximum absolute atomic E-state index is 6.36. The van der Waals surface area contributed by atoms with Crippen LogP contribution >= 0.6 is 11.6 Å². The molecule has 1 saturated heterocycles. The van der Waals surface area contributed by atoms with Crippen molar-refractivity contribution in [2.24, 2.45) is 11.7 Å². The van der Waals surface area contributed by atoms with Crippen LogP contribution in [0.4, 0.5) is 5.69 Å². The first-order valence-corrected chi connectivity index (χ1v) is 8.29. The van der Waals surface area contributed by atoms with Crippen molar-refractivity contribution < 1.29 is 0 Å². The standard InChI is InChI=1S/C17H27ClN2/c1-3-5-14-6-4-10-20(11-9-14)15-7-8-16(13(2)19)17(18)12-15/h7-8,12-14H,3-6,9-11,19H2,1-2H3. The minimum absolute atomic E-state index is 0.00498. The lowest BCUT2D eigenvalue weighted by molar-refractivity contribution is 0.435. The van der Waals surface area contributed by atoms with Crippen LogP contribution in [0.15, 0.2) is 18.2 Å². The number of nitrogens with zero attached hydrogens (tertiary/aromatic N) is 1. The van der Waals surface area contributed by atoms with Crippen molar-refractivity contribution in [1.82, 2.24) is 0 Å². The molecule has 1 fully saturated rings. The fourth-order valence-electron chi connectivity index (χ4n) is 3.20. The normalized spacial score (nSPS) is 21.6. The molecule has 0 bridgehead atoms. The highest BCUT2D eigenvalue weighted by Gasteiger charge is 2.17. The molecule has 0 radical (unpaired) electrons. The summed E-state index contributed by atoms with van der Waals surface area (Å²) in [4.78, 5) is 2.48. The number of anilines is 1. The highest BCUT2D eigenvalue weighted by atomic mass is 35.5. The van der Waals surface area contributed by atoms with Crippen LogP contribution in [-0.2, 0) is 0 Å². The van der Waals surface area contributed by atoms with Crippen LogP contribution in [0.1, 0.15) is 57.6 Å². The smallest absolute Gasteiger partial charge is 0.0474 e. The zero-order chi connectivity index (χ0) is 14.5. The topological polar surface area (TPSA) is 29.3 Å². The number of hydrogen-bond acceptors (Lipinski definition) is 2. The van der Waals surface area contributed by atoms with Crippen molar-refractivity contribution in [3.63, 3.8) is 0 Å². The lowest BCUT2D eigenvalue weighted by Crippen LogP contribution is -2.24. The summed E-state index contributed by atoms with van der Waals surface area (Å²) in [6.07, 6.45) is 6.64. The number of benzene rings is 1. The zero-order valence-corrected chi connectivity index (χ0v) is 13.5. The molecule has 0 aliphatic carbocycles. The van der Waals surface area contributed by atoms with E-state index in [4.69, 9.17) is 17.3 Å². The van der Waals surface area contributed by atoms with Gasteiger partial charge in [0.25, 0.3) is 0 Å². The van der Waals surface area contributed by atoms with E-state index in [1.807, 2.05) is 6.92 Å². The first-order valence-electron chi connectivity index (χ1n) is 7.91. The molecule has 112 valence electrons. The molecule has 2 rings (SSSR count). The molecule has 1 heterocycles. The quantitative estimate of drug-likeness (QED) is 0.867. The number of rotatable bonds is 4. The van der Waals surface area contributed by atoms with Crippen LogP contribution in [0, 0.1) is 5.92 Å². The Morgan fingerprint density at radius 3 is 2.80 bits per heavy atom. The second kappa shape index (κ2) is 7.33. The highest BCUT2D eigenvalue weighted by molar-refractivity contribution is 6.31. The van der Waals surface area contributed by atoms with E-state index >= 15 is 0 Å². The van der Waals surface area contributed by atoms with E-state index in [1.165, 1.54) is 37.8 Å². The third-order valence-corrected chi connectivity index (χ3v) is 4.71. The van der Waals surface area contributed by atoms with Crippen LogP contribution < -0.4 is 10.6 Å². The molecule has 0 saturated carbocycles. The van der Waals surface area contributed by atoms with Gasteiger partial charge < -0.3 is 10.6 Å². The van der Waals surface area contributed by atoms with Gasteiger partial charge in [-0.3, -0.25) is 0 Å². The van der Waals surface area contributed by atoms with Crippen molar-refractivity contribution in [2.45, 2.75) is 52.0 Å². The van der Waals surface area contributed by atoms with Crippen LogP contribution in [0.3, 0.4) is 0 Å². The second-order valence-corrected chi connectivity index (χ2v) is 6.47. The number of hydrogen-bond donors (Lipinski definition) is 1. The SMILES string of the molecule is CCCC1CCCN(c2ccc(C(C)N)c(Cl)c2)CC1. The minimum Gasteiger partial charge on any atom is -0.371 e. The van der Waals surface area contributed by atoms with Gasteiger partial charge in [0, 0.05) is 29.8 Å². The largest absolute Gasteiger partial charge is 0.371 e. The van der Waals surface area contributed by atoms with Crippen molar-refractivity contribution in [3.8, 4) is 0 Å². The highest BCUT2D eigenvalue weighted by Crippen LogP contribution is 2.30. The van der Waals surface area contributed by atoms with E-state index in [-0.39, 0.29) is 6.04 Å². The number of halogens is 1. The lowest BCUT2D eigenvalue weighted by atomic mass is 9.96. The van der Waals surface area contributed by atoms with Crippen LogP contribution in [0.25, 0.3) is 0 Å². The molecule has 0 amide bonds. The summed E-state index contributed by atoms with van der Waals surface area (Å²) in [6, 6.07) is 6.33. The Morgan fingerprint density at radius 1 is 1.35 bits per heavy atom. The molecule has 1 aliphatic rings. The molecule has 2 nitrogen and oxygen atoms in total. The summed E-state index contributed by atoms with van der Waals surface area (Å²) in [5.41, 5.74) is 8.20. The third-order valence-electron chi connectivity index (χ3n) is 4.38. The Bertz CT molecular complexity index is 431. The van der Waals surface area contributed by atoms with Crippen molar-refractivity contribution in [1.29, 1.82) is 0 Å². The predicted molar refractivity (Wildman–Crippen MR) is 88.5 cm³/mol. The monoisotopic (exact) mass is 294 g/mol. The maximum Gasteiger partial charge on any atom is 0.0474 e. The maximum atomic E-state index is 6.36. The molecule has 2 N–H and O–H groups in total. The summed E-state index contributed by atoms with van der Waals surface area (Å²) in [6.45, 7) is 6.56. The van der Waals surface area contributed by atoms with Crippen LogP contribution in [-0.4, -0.2) is 13.1 Å². The Balaban J connectivity index is 2.06. The molecule has 3 heteroatoms. The molecule has 2 unspecified atom stereocenters. The molecular weight excluding hydrogens is 268 g/mol. The van der Waals surface area contributed by atoms with E-state index < -0.39 is 0 Å². The van der Waals surface area contributed by atoms with Gasteiger partial charge in [-0.05, 0) is 49.8 Å². The Hall–Kier alpha value is -0.730. The number of nitrogens with two attached hydrogens (primary N) is 1. The van der Waals surface area contributed by atoms with E-state index in [0.29, 0.717) is 0 Å². The first-order chi connectivity index (χ1) is 9.61. The summed E-state index contributed by atoms with van der Waals surface area (Å²) >= 11 is 6.36. The average molecular weight is 295 g/mol. The van der Waals surface area contributed by atoms with Gasteiger partial charge in [-0.15, -0.1) is 0 Å². The Labute approximate surface area is 128 Å². The Morgan fingerprint density at radius 2 is 2.15 bits per heavy atom. The van der Waals surface area contributed by atoms with E-state index in [2.05, 4.69) is 30.0 Å². The molecule has 0 aromatic heterocycles. The molecule has 2 atom stereocenters. The summed E-state index contributed by atoms with van der Waals surface area (Å²) in [7, 11) is 0. The van der Waals surface area contributed by atoms with Crippen molar-refractivity contribution in [2.75, 3.05) is 18.0 Å². The molecular formula is C17H27ClN2. The Kier molecular flexibility index (Phi) is 5.74. The second-order valence-electron chi connectivity index (χ2n) is 6.07. The third kappa shape index (κ3) is 3.89. The zero-order valence-electron chi connectivity index (χ0n) is 12.7. The molecule has 1 aromatic rings. The molecule has 1 aromatic carbocycles. The summed E-state index contributed by atoms with van der Waals surface area (Å²) in [5, 5.41) is 0.798. The van der Waals surface area contributed by atoms with Gasteiger partial charge in [-0.25, -0.2) is 0 Å². The van der Waals surface area contributed by atoms with Gasteiger partial charge in [0.2, 0.25) is 0 Å². The van der Waals surface area contributed by atoms with E-state index in [9.17, 15) is 0 Å².